The molecule has 0 bridgehead atoms. The zero-order valence-corrected chi connectivity index (χ0v) is 13.9. The van der Waals surface area contributed by atoms with E-state index in [2.05, 4.69) is 0 Å². The van der Waals surface area contributed by atoms with Gasteiger partial charge in [-0.05, 0) is 43.7 Å². The third kappa shape index (κ3) is 3.45. The molecule has 0 amide bonds. The van der Waals surface area contributed by atoms with Crippen LogP contribution in [0.3, 0.4) is 0 Å². The van der Waals surface area contributed by atoms with E-state index in [1.807, 2.05) is 6.92 Å². The van der Waals surface area contributed by atoms with Crippen LogP contribution in [0.1, 0.15) is 24.8 Å². The van der Waals surface area contributed by atoms with E-state index in [-0.39, 0.29) is 0 Å². The van der Waals surface area contributed by atoms with Crippen molar-refractivity contribution >= 4 is 44.6 Å². The molecule has 0 aromatic carbocycles. The van der Waals surface area contributed by atoms with Gasteiger partial charge in [-0.15, -0.1) is 22.9 Å². The van der Waals surface area contributed by atoms with Gasteiger partial charge in [0.1, 0.15) is 4.21 Å². The molecule has 2 rings (SSSR count). The highest BCUT2D eigenvalue weighted by Gasteiger charge is 2.31. The molecule has 1 aliphatic rings. The Labute approximate surface area is 128 Å². The smallest absolute Gasteiger partial charge is 0.206 e. The van der Waals surface area contributed by atoms with Gasteiger partial charge in [-0.25, -0.2) is 8.42 Å². The van der Waals surface area contributed by atoms with Crippen molar-refractivity contribution in [3.63, 3.8) is 0 Å². The summed E-state index contributed by atoms with van der Waals surface area (Å²) in [7, 11) is -3.39. The molecule has 0 radical (unpaired) electrons. The topological polar surface area (TPSA) is 37.4 Å². The molecule has 1 saturated heterocycles. The maximum absolute atomic E-state index is 12.5. The van der Waals surface area contributed by atoms with Gasteiger partial charge in [-0.3, -0.25) is 0 Å². The summed E-state index contributed by atoms with van der Waals surface area (Å²) >= 11 is 12.9. The number of piperidine rings is 1. The van der Waals surface area contributed by atoms with Crippen molar-refractivity contribution in [1.82, 2.24) is 4.31 Å². The number of nitrogens with zero attached hydrogens (tertiary/aromatic N) is 1. The van der Waals surface area contributed by atoms with Crippen LogP contribution in [0.2, 0.25) is 4.34 Å². The highest BCUT2D eigenvalue weighted by atomic mass is 35.5. The number of hydrogen-bond donors (Lipinski definition) is 0. The van der Waals surface area contributed by atoms with E-state index in [1.54, 1.807) is 10.4 Å². The lowest BCUT2D eigenvalue weighted by molar-refractivity contribution is 0.262. The molecule has 0 aliphatic carbocycles. The van der Waals surface area contributed by atoms with Crippen molar-refractivity contribution in [2.45, 2.75) is 30.4 Å². The third-order valence-electron chi connectivity index (χ3n) is 3.43. The van der Waals surface area contributed by atoms with E-state index >= 15 is 0 Å². The van der Waals surface area contributed by atoms with Gasteiger partial charge in [-0.2, -0.15) is 4.31 Å². The fourth-order valence-electron chi connectivity index (χ4n) is 2.32. The number of alkyl halides is 1. The van der Waals surface area contributed by atoms with Crippen molar-refractivity contribution in [2.24, 2.45) is 5.92 Å². The molecule has 3 nitrogen and oxygen atoms in total. The minimum atomic E-state index is -3.39. The van der Waals surface area contributed by atoms with Gasteiger partial charge in [0.2, 0.25) is 0 Å². The van der Waals surface area contributed by atoms with Gasteiger partial charge in [0.05, 0.1) is 4.34 Å². The van der Waals surface area contributed by atoms with E-state index in [9.17, 15) is 8.42 Å². The quantitative estimate of drug-likeness (QED) is 0.782. The number of sulfonamides is 1. The summed E-state index contributed by atoms with van der Waals surface area (Å²) in [6.45, 7) is 2.99. The van der Waals surface area contributed by atoms with Crippen LogP contribution in [0.5, 0.6) is 0 Å². The normalized spacial score (nSPS) is 21.7. The number of halogens is 2. The van der Waals surface area contributed by atoms with Crippen molar-refractivity contribution in [2.75, 3.05) is 19.0 Å². The molecular formula is C12H17Cl2NO2S2. The van der Waals surface area contributed by atoms with E-state index < -0.39 is 10.0 Å². The molecular weight excluding hydrogens is 325 g/mol. The average molecular weight is 342 g/mol. The van der Waals surface area contributed by atoms with Crippen LogP contribution in [-0.4, -0.2) is 31.7 Å². The van der Waals surface area contributed by atoms with Gasteiger partial charge in [0.15, 0.2) is 0 Å². The zero-order chi connectivity index (χ0) is 14.0. The van der Waals surface area contributed by atoms with E-state index in [1.165, 1.54) is 0 Å². The Balaban J connectivity index is 2.19. The second-order valence-electron chi connectivity index (χ2n) is 4.87. The van der Waals surface area contributed by atoms with E-state index in [4.69, 9.17) is 23.2 Å². The summed E-state index contributed by atoms with van der Waals surface area (Å²) in [4.78, 5) is 0. The maximum atomic E-state index is 12.5. The molecule has 19 heavy (non-hydrogen) atoms. The summed E-state index contributed by atoms with van der Waals surface area (Å²) in [5.41, 5.74) is 0.819. The second kappa shape index (κ2) is 6.31. The first kappa shape index (κ1) is 15.6. The van der Waals surface area contributed by atoms with Crippen LogP contribution in [-0.2, 0) is 10.0 Å². The van der Waals surface area contributed by atoms with Gasteiger partial charge in [0, 0.05) is 19.0 Å². The van der Waals surface area contributed by atoms with Crippen LogP contribution in [0, 0.1) is 12.8 Å². The van der Waals surface area contributed by atoms with Crippen molar-refractivity contribution in [3.05, 3.63) is 16.0 Å². The van der Waals surface area contributed by atoms with Crippen molar-refractivity contribution in [3.8, 4) is 0 Å². The van der Waals surface area contributed by atoms with E-state index in [0.29, 0.717) is 33.4 Å². The van der Waals surface area contributed by atoms with Crippen LogP contribution in [0.4, 0.5) is 0 Å². The molecule has 7 heteroatoms. The van der Waals surface area contributed by atoms with Gasteiger partial charge in [0.25, 0.3) is 10.0 Å². The van der Waals surface area contributed by atoms with Crippen LogP contribution in [0.25, 0.3) is 0 Å². The summed E-state index contributed by atoms with van der Waals surface area (Å²) < 4.78 is 27.6. The Morgan fingerprint density at radius 2 is 2.26 bits per heavy atom. The summed E-state index contributed by atoms with van der Waals surface area (Å²) in [5.74, 6) is 0.959. The standard InChI is InChI=1S/C12H17Cl2NO2S2/c1-9-7-11(18-12(9)14)19(16,17)15-6-2-3-10(8-15)4-5-13/h7,10H,2-6,8H2,1H3. The van der Waals surface area contributed by atoms with Gasteiger partial charge in [-0.1, -0.05) is 11.6 Å². The first-order chi connectivity index (χ1) is 8.95. The Morgan fingerprint density at radius 3 is 2.84 bits per heavy atom. The summed E-state index contributed by atoms with van der Waals surface area (Å²) in [6, 6.07) is 1.66. The average Bonchev–Trinajstić information content (AvgIpc) is 2.71. The number of hydrogen-bond acceptors (Lipinski definition) is 3. The summed E-state index contributed by atoms with van der Waals surface area (Å²) in [5, 5.41) is 0. The zero-order valence-electron chi connectivity index (χ0n) is 10.7. The van der Waals surface area contributed by atoms with Crippen molar-refractivity contribution in [1.29, 1.82) is 0 Å². The Hall–Kier alpha value is 0.190. The third-order valence-corrected chi connectivity index (χ3v) is 7.52. The van der Waals surface area contributed by atoms with Crippen LogP contribution < -0.4 is 0 Å². The van der Waals surface area contributed by atoms with Gasteiger partial charge < -0.3 is 0 Å². The first-order valence-electron chi connectivity index (χ1n) is 6.27. The van der Waals surface area contributed by atoms with Crippen LogP contribution in [0.15, 0.2) is 10.3 Å². The minimum absolute atomic E-state index is 0.349. The SMILES string of the molecule is Cc1cc(S(=O)(=O)N2CCCC(CCCl)C2)sc1Cl. The summed E-state index contributed by atoms with van der Waals surface area (Å²) in [6.07, 6.45) is 2.83. The Bertz CT molecular complexity index is 520. The predicted molar refractivity (Wildman–Crippen MR) is 80.9 cm³/mol. The lowest BCUT2D eigenvalue weighted by Gasteiger charge is -2.31. The fraction of sp³-hybridized carbons (Fsp3) is 0.667. The lowest BCUT2D eigenvalue weighted by Crippen LogP contribution is -2.39. The molecule has 1 aromatic rings. The highest BCUT2D eigenvalue weighted by Crippen LogP contribution is 2.33. The molecule has 0 N–H and O–H groups in total. The lowest BCUT2D eigenvalue weighted by atomic mass is 9.97. The second-order valence-corrected chi connectivity index (χ2v) is 9.07. The largest absolute Gasteiger partial charge is 0.252 e. The molecule has 0 spiro atoms. The predicted octanol–water partition coefficient (Wildman–Crippen LogP) is 3.74. The fourth-order valence-corrected chi connectivity index (χ4v) is 6.05. The number of rotatable bonds is 4. The van der Waals surface area contributed by atoms with Crippen LogP contribution >= 0.6 is 34.5 Å². The molecule has 108 valence electrons. The minimum Gasteiger partial charge on any atom is -0.206 e. The number of thiophene rings is 1. The highest BCUT2D eigenvalue weighted by molar-refractivity contribution is 7.91. The molecule has 1 atom stereocenters. The van der Waals surface area contributed by atoms with Gasteiger partial charge >= 0.3 is 0 Å². The maximum Gasteiger partial charge on any atom is 0.252 e. The molecule has 1 unspecified atom stereocenters. The number of aryl methyl sites for hydroxylation is 1. The first-order valence-corrected chi connectivity index (χ1v) is 9.44. The molecule has 1 aliphatic heterocycles. The monoisotopic (exact) mass is 341 g/mol. The van der Waals surface area contributed by atoms with Crippen molar-refractivity contribution < 1.29 is 8.42 Å². The Morgan fingerprint density at radius 1 is 1.53 bits per heavy atom. The molecule has 0 saturated carbocycles. The Kier molecular flexibility index (Phi) is 5.17. The van der Waals surface area contributed by atoms with E-state index in [0.717, 1.165) is 36.2 Å². The molecule has 1 fully saturated rings. The molecule has 2 heterocycles. The molecule has 1 aromatic heterocycles.